The van der Waals surface area contributed by atoms with Crippen molar-refractivity contribution in [2.75, 3.05) is 0 Å². The average Bonchev–Trinajstić information content (AvgIpc) is 2.38. The minimum atomic E-state index is -0.786. The van der Waals surface area contributed by atoms with Crippen molar-refractivity contribution in [2.45, 2.75) is 25.9 Å². The van der Waals surface area contributed by atoms with Crippen LogP contribution in [0.15, 0.2) is 36.5 Å². The van der Waals surface area contributed by atoms with Crippen molar-refractivity contribution in [1.29, 1.82) is 0 Å². The summed E-state index contributed by atoms with van der Waals surface area (Å²) in [5.41, 5.74) is 0.618. The number of aromatic nitrogens is 1. The summed E-state index contributed by atoms with van der Waals surface area (Å²) in [6.07, 6.45) is 2.80. The van der Waals surface area contributed by atoms with Gasteiger partial charge in [0.1, 0.15) is 0 Å². The minimum Gasteiger partial charge on any atom is -0.374 e. The molecule has 0 aliphatic heterocycles. The highest BCUT2D eigenvalue weighted by Gasteiger charge is 2.05. The lowest BCUT2D eigenvalue weighted by Crippen LogP contribution is -1.97. The van der Waals surface area contributed by atoms with Crippen LogP contribution in [0.5, 0.6) is 0 Å². The lowest BCUT2D eigenvalue weighted by Gasteiger charge is -2.04. The van der Waals surface area contributed by atoms with E-state index < -0.39 is 6.10 Å². The molecule has 0 radical (unpaired) electrons. The van der Waals surface area contributed by atoms with Crippen LogP contribution in [0.2, 0.25) is 0 Å². The topological polar surface area (TPSA) is 33.1 Å². The molecule has 0 bridgehead atoms. The Morgan fingerprint density at radius 2 is 2.06 bits per heavy atom. The number of pyridine rings is 1. The van der Waals surface area contributed by atoms with Crippen LogP contribution in [0.4, 0.5) is 0 Å². The Morgan fingerprint density at radius 3 is 2.82 bits per heavy atom. The molecule has 0 aliphatic rings. The largest absolute Gasteiger partial charge is 0.374 e. The van der Waals surface area contributed by atoms with Gasteiger partial charge in [0.05, 0.1) is 5.69 Å². The van der Waals surface area contributed by atoms with Crippen LogP contribution in [-0.4, -0.2) is 10.1 Å². The first-order valence-electron chi connectivity index (χ1n) is 5.82. The normalized spacial score (nSPS) is 11.9. The minimum absolute atomic E-state index is 0.618. The zero-order valence-electron chi connectivity index (χ0n) is 9.85. The van der Waals surface area contributed by atoms with Crippen LogP contribution < -0.4 is 0 Å². The summed E-state index contributed by atoms with van der Waals surface area (Å²) in [4.78, 5) is 4.23. The second-order valence-corrected chi connectivity index (χ2v) is 3.93. The van der Waals surface area contributed by atoms with Crippen molar-refractivity contribution in [1.82, 2.24) is 4.98 Å². The van der Waals surface area contributed by atoms with Gasteiger partial charge in [0.15, 0.2) is 6.10 Å². The molecule has 2 aromatic rings. The fraction of sp³-hybridized carbons (Fsp3) is 0.267. The van der Waals surface area contributed by atoms with E-state index in [0.29, 0.717) is 5.69 Å². The number of nitrogens with zero attached hydrogens (tertiary/aromatic N) is 1. The Morgan fingerprint density at radius 1 is 1.29 bits per heavy atom. The van der Waals surface area contributed by atoms with Crippen molar-refractivity contribution in [3.8, 4) is 11.8 Å². The number of fused-ring (bicyclic) bond motifs is 1. The molecule has 0 unspecified atom stereocenters. The van der Waals surface area contributed by atoms with Gasteiger partial charge in [-0.15, -0.1) is 5.92 Å². The fourth-order valence-corrected chi connectivity index (χ4v) is 1.62. The summed E-state index contributed by atoms with van der Waals surface area (Å²) in [5, 5.41) is 12.0. The van der Waals surface area contributed by atoms with Gasteiger partial charge in [-0.1, -0.05) is 37.1 Å². The second-order valence-electron chi connectivity index (χ2n) is 3.93. The third kappa shape index (κ3) is 2.83. The van der Waals surface area contributed by atoms with E-state index in [0.717, 1.165) is 23.6 Å². The summed E-state index contributed by atoms with van der Waals surface area (Å²) in [6, 6.07) is 9.84. The number of hydrogen-bond acceptors (Lipinski definition) is 2. The molecule has 2 heteroatoms. The summed E-state index contributed by atoms with van der Waals surface area (Å²) in [6.45, 7) is 2.06. The van der Waals surface area contributed by atoms with Crippen LogP contribution in [-0.2, 0) is 0 Å². The molecule has 2 nitrogen and oxygen atoms in total. The predicted octanol–water partition coefficient (Wildman–Crippen LogP) is 3.07. The molecule has 1 aromatic heterocycles. The number of aliphatic hydroxyl groups is 1. The summed E-state index contributed by atoms with van der Waals surface area (Å²) in [7, 11) is 0. The molecule has 0 spiro atoms. The third-order valence-corrected chi connectivity index (χ3v) is 2.55. The lowest BCUT2D eigenvalue weighted by molar-refractivity contribution is 0.233. The van der Waals surface area contributed by atoms with Gasteiger partial charge in [-0.25, -0.2) is 0 Å². The van der Waals surface area contributed by atoms with E-state index in [1.165, 1.54) is 0 Å². The molecule has 0 amide bonds. The maximum atomic E-state index is 9.87. The van der Waals surface area contributed by atoms with Crippen LogP contribution in [0.25, 0.3) is 10.8 Å². The molecule has 0 fully saturated rings. The molecule has 2 rings (SSSR count). The van der Waals surface area contributed by atoms with Gasteiger partial charge in [0.25, 0.3) is 0 Å². The van der Waals surface area contributed by atoms with Crippen LogP contribution >= 0.6 is 0 Å². The van der Waals surface area contributed by atoms with Crippen molar-refractivity contribution in [2.24, 2.45) is 0 Å². The van der Waals surface area contributed by atoms with E-state index in [1.807, 2.05) is 30.3 Å². The SMILES string of the molecule is CCCC#C[C@H](O)c1cc2ccccc2cn1. The molecular formula is C15H15NO. The third-order valence-electron chi connectivity index (χ3n) is 2.55. The Bertz CT molecular complexity index is 566. The molecular weight excluding hydrogens is 210 g/mol. The van der Waals surface area contributed by atoms with Crippen molar-refractivity contribution < 1.29 is 5.11 Å². The van der Waals surface area contributed by atoms with E-state index in [9.17, 15) is 5.11 Å². The highest BCUT2D eigenvalue weighted by molar-refractivity contribution is 5.81. The van der Waals surface area contributed by atoms with Crippen molar-refractivity contribution in [3.05, 3.63) is 42.2 Å². The summed E-state index contributed by atoms with van der Waals surface area (Å²) >= 11 is 0. The fourth-order valence-electron chi connectivity index (χ4n) is 1.62. The van der Waals surface area contributed by atoms with E-state index >= 15 is 0 Å². The van der Waals surface area contributed by atoms with Gasteiger partial charge in [-0.3, -0.25) is 4.98 Å². The first-order chi connectivity index (χ1) is 8.31. The van der Waals surface area contributed by atoms with Crippen LogP contribution in [0.3, 0.4) is 0 Å². The summed E-state index contributed by atoms with van der Waals surface area (Å²) < 4.78 is 0. The van der Waals surface area contributed by atoms with E-state index in [1.54, 1.807) is 6.20 Å². The number of aliphatic hydroxyl groups excluding tert-OH is 1. The Balaban J connectivity index is 2.27. The monoisotopic (exact) mass is 225 g/mol. The number of benzene rings is 1. The van der Waals surface area contributed by atoms with Gasteiger partial charge >= 0.3 is 0 Å². The molecule has 0 saturated heterocycles. The predicted molar refractivity (Wildman–Crippen MR) is 69.4 cm³/mol. The lowest BCUT2D eigenvalue weighted by atomic mass is 10.1. The Labute approximate surface area is 101 Å². The first kappa shape index (κ1) is 11.6. The van der Waals surface area contributed by atoms with Crippen molar-refractivity contribution in [3.63, 3.8) is 0 Å². The molecule has 86 valence electrons. The maximum Gasteiger partial charge on any atom is 0.156 e. The van der Waals surface area contributed by atoms with Gasteiger partial charge in [0.2, 0.25) is 0 Å². The highest BCUT2D eigenvalue weighted by Crippen LogP contribution is 2.17. The number of rotatable bonds is 2. The Kier molecular flexibility index (Phi) is 3.74. The molecule has 0 aliphatic carbocycles. The van der Waals surface area contributed by atoms with Gasteiger partial charge in [-0.2, -0.15) is 0 Å². The zero-order valence-corrected chi connectivity index (χ0v) is 9.85. The molecule has 0 saturated carbocycles. The standard InChI is InChI=1S/C15H15NO/c1-2-3-4-9-15(17)14-10-12-7-5-6-8-13(12)11-16-14/h5-8,10-11,15,17H,2-3H2,1H3/t15-/m0/s1. The Hall–Kier alpha value is -1.85. The van der Waals surface area contributed by atoms with E-state index in [2.05, 4.69) is 23.7 Å². The molecule has 1 atom stereocenters. The van der Waals surface area contributed by atoms with Crippen LogP contribution in [0.1, 0.15) is 31.6 Å². The van der Waals surface area contributed by atoms with Crippen molar-refractivity contribution >= 4 is 10.8 Å². The molecule has 1 heterocycles. The average molecular weight is 225 g/mol. The molecule has 1 aromatic carbocycles. The highest BCUT2D eigenvalue weighted by atomic mass is 16.3. The van der Waals surface area contributed by atoms with Gasteiger partial charge < -0.3 is 5.11 Å². The smallest absolute Gasteiger partial charge is 0.156 e. The zero-order chi connectivity index (χ0) is 12.1. The maximum absolute atomic E-state index is 9.87. The first-order valence-corrected chi connectivity index (χ1v) is 5.82. The second kappa shape index (κ2) is 5.47. The van der Waals surface area contributed by atoms with E-state index in [-0.39, 0.29) is 0 Å². The number of hydrogen-bond donors (Lipinski definition) is 1. The van der Waals surface area contributed by atoms with E-state index in [4.69, 9.17) is 0 Å². The quantitative estimate of drug-likeness (QED) is 0.797. The van der Waals surface area contributed by atoms with Crippen LogP contribution in [0, 0.1) is 11.8 Å². The summed E-state index contributed by atoms with van der Waals surface area (Å²) in [5.74, 6) is 5.75. The van der Waals surface area contributed by atoms with Gasteiger partial charge in [0, 0.05) is 18.0 Å². The number of unbranched alkanes of at least 4 members (excludes halogenated alkanes) is 1. The molecule has 1 N–H and O–H groups in total. The van der Waals surface area contributed by atoms with Gasteiger partial charge in [-0.05, 0) is 17.9 Å². The molecule has 17 heavy (non-hydrogen) atoms.